The highest BCUT2D eigenvalue weighted by atomic mass is 16.2. The largest absolute Gasteiger partial charge is 0.333 e. The molecule has 0 bridgehead atoms. The van der Waals surface area contributed by atoms with E-state index in [0.717, 1.165) is 28.9 Å². The molecule has 1 aromatic heterocycles. The normalized spacial score (nSPS) is 11.1. The number of amides is 2. The number of pyridine rings is 1. The highest BCUT2D eigenvalue weighted by molar-refractivity contribution is 5.90. The Morgan fingerprint density at radius 1 is 0.963 bits per heavy atom. The molecule has 0 saturated carbocycles. The molecular weight excluding hydrogens is 334 g/mol. The first-order valence-electron chi connectivity index (χ1n) is 9.07. The molecule has 138 valence electrons. The molecule has 3 aromatic rings. The molecule has 0 aliphatic rings. The molecule has 0 unspecified atom stereocenters. The highest BCUT2D eigenvalue weighted by Gasteiger charge is 2.20. The third kappa shape index (κ3) is 5.42. The van der Waals surface area contributed by atoms with E-state index in [0.29, 0.717) is 0 Å². The quantitative estimate of drug-likeness (QED) is 0.658. The predicted molar refractivity (Wildman–Crippen MR) is 111 cm³/mol. The number of hydrogen-bond donors (Lipinski definition) is 2. The molecule has 0 saturated heterocycles. The molecule has 0 spiro atoms. The highest BCUT2D eigenvalue weighted by Crippen LogP contribution is 2.21. The van der Waals surface area contributed by atoms with Crippen molar-refractivity contribution in [3.63, 3.8) is 0 Å². The van der Waals surface area contributed by atoms with Crippen molar-refractivity contribution in [2.75, 3.05) is 5.32 Å². The Hall–Kier alpha value is -3.14. The summed E-state index contributed by atoms with van der Waals surface area (Å²) in [6, 6.07) is 21.8. The molecule has 0 radical (unpaired) electrons. The molecule has 27 heavy (non-hydrogen) atoms. The average Bonchev–Trinajstić information content (AvgIpc) is 2.62. The van der Waals surface area contributed by atoms with Gasteiger partial charge in [-0.05, 0) is 68.1 Å². The lowest BCUT2D eigenvalue weighted by Gasteiger charge is -2.26. The van der Waals surface area contributed by atoms with Crippen LogP contribution in [0.2, 0.25) is 0 Å². The van der Waals surface area contributed by atoms with E-state index in [1.807, 2.05) is 75.4 Å². The van der Waals surface area contributed by atoms with Gasteiger partial charge in [0.2, 0.25) is 0 Å². The van der Waals surface area contributed by atoms with Crippen LogP contribution in [0, 0.1) is 6.92 Å². The van der Waals surface area contributed by atoms with Crippen molar-refractivity contribution in [3.8, 4) is 11.1 Å². The fraction of sp³-hybridized carbons (Fsp3) is 0.217. The Morgan fingerprint density at radius 3 is 2.33 bits per heavy atom. The van der Waals surface area contributed by atoms with E-state index in [1.165, 1.54) is 5.56 Å². The lowest BCUT2D eigenvalue weighted by Crippen LogP contribution is -2.47. The average molecular weight is 359 g/mol. The fourth-order valence-electron chi connectivity index (χ4n) is 3.09. The first-order chi connectivity index (χ1) is 12.9. The van der Waals surface area contributed by atoms with E-state index in [9.17, 15) is 4.79 Å². The van der Waals surface area contributed by atoms with Crippen LogP contribution in [0.15, 0.2) is 72.9 Å². The Kier molecular flexibility index (Phi) is 5.55. The lowest BCUT2D eigenvalue weighted by atomic mass is 9.95. The maximum Gasteiger partial charge on any atom is 0.319 e. The third-order valence-corrected chi connectivity index (χ3v) is 4.31. The van der Waals surface area contributed by atoms with Crippen LogP contribution < -0.4 is 10.6 Å². The van der Waals surface area contributed by atoms with Gasteiger partial charge in [-0.15, -0.1) is 0 Å². The molecule has 0 aliphatic heterocycles. The number of carbonyl (C=O) groups excluding carboxylic acids is 1. The van der Waals surface area contributed by atoms with Crippen LogP contribution in [0.1, 0.15) is 25.1 Å². The van der Waals surface area contributed by atoms with Crippen molar-refractivity contribution in [1.29, 1.82) is 0 Å². The third-order valence-electron chi connectivity index (χ3n) is 4.31. The van der Waals surface area contributed by atoms with Gasteiger partial charge in [-0.3, -0.25) is 4.98 Å². The summed E-state index contributed by atoms with van der Waals surface area (Å²) >= 11 is 0. The van der Waals surface area contributed by atoms with Gasteiger partial charge in [0, 0.05) is 23.1 Å². The van der Waals surface area contributed by atoms with Crippen LogP contribution in [-0.2, 0) is 6.42 Å². The minimum absolute atomic E-state index is 0.205. The van der Waals surface area contributed by atoms with Gasteiger partial charge in [0.05, 0.1) is 0 Å². The van der Waals surface area contributed by atoms with Gasteiger partial charge in [0.15, 0.2) is 0 Å². The summed E-state index contributed by atoms with van der Waals surface area (Å²) in [5.74, 6) is 0. The molecule has 0 aliphatic carbocycles. The van der Waals surface area contributed by atoms with E-state index in [4.69, 9.17) is 0 Å². The number of anilines is 1. The van der Waals surface area contributed by atoms with E-state index in [-0.39, 0.29) is 11.6 Å². The maximum atomic E-state index is 12.4. The number of urea groups is 1. The van der Waals surface area contributed by atoms with Crippen molar-refractivity contribution >= 4 is 11.7 Å². The summed E-state index contributed by atoms with van der Waals surface area (Å²) < 4.78 is 0. The summed E-state index contributed by atoms with van der Waals surface area (Å²) in [5.41, 5.74) is 4.80. The maximum absolute atomic E-state index is 12.4. The summed E-state index contributed by atoms with van der Waals surface area (Å²) in [7, 11) is 0. The molecule has 1 heterocycles. The summed E-state index contributed by atoms with van der Waals surface area (Å²) in [6.45, 7) is 6.02. The van der Waals surface area contributed by atoms with Gasteiger partial charge in [0.25, 0.3) is 0 Å². The van der Waals surface area contributed by atoms with Crippen molar-refractivity contribution in [1.82, 2.24) is 10.3 Å². The van der Waals surface area contributed by atoms with Gasteiger partial charge in [-0.2, -0.15) is 0 Å². The number of aromatic nitrogens is 1. The second-order valence-corrected chi connectivity index (χ2v) is 7.39. The van der Waals surface area contributed by atoms with E-state index in [1.54, 1.807) is 6.20 Å². The number of rotatable bonds is 5. The van der Waals surface area contributed by atoms with Crippen molar-refractivity contribution in [2.45, 2.75) is 32.7 Å². The zero-order valence-electron chi connectivity index (χ0n) is 16.0. The Morgan fingerprint density at radius 2 is 1.67 bits per heavy atom. The lowest BCUT2D eigenvalue weighted by molar-refractivity contribution is 0.241. The van der Waals surface area contributed by atoms with Crippen molar-refractivity contribution in [3.05, 3.63) is 84.2 Å². The molecule has 0 fully saturated rings. The summed E-state index contributed by atoms with van der Waals surface area (Å²) in [5, 5.41) is 5.96. The zero-order valence-corrected chi connectivity index (χ0v) is 16.0. The molecule has 2 aromatic carbocycles. The second kappa shape index (κ2) is 8.04. The van der Waals surface area contributed by atoms with E-state index >= 15 is 0 Å². The summed E-state index contributed by atoms with van der Waals surface area (Å²) in [4.78, 5) is 16.6. The number of nitrogens with one attached hydrogen (secondary N) is 2. The molecule has 0 atom stereocenters. The summed E-state index contributed by atoms with van der Waals surface area (Å²) in [6.07, 6.45) is 2.57. The van der Waals surface area contributed by atoms with Crippen LogP contribution in [0.4, 0.5) is 10.5 Å². The number of aryl methyl sites for hydroxylation is 1. The van der Waals surface area contributed by atoms with Crippen molar-refractivity contribution < 1.29 is 4.79 Å². The standard InChI is InChI=1S/C23H25N3O/c1-17-15-20(13-14-24-17)19-9-11-21(12-10-19)25-22(27)26-23(2,3)16-18-7-5-4-6-8-18/h4-15H,16H2,1-3H3,(H2,25,26,27). The van der Waals surface area contributed by atoms with E-state index < -0.39 is 0 Å². The van der Waals surface area contributed by atoms with Gasteiger partial charge < -0.3 is 10.6 Å². The molecule has 2 N–H and O–H groups in total. The Bertz CT molecular complexity index is 902. The Labute approximate surface area is 160 Å². The molecule has 3 rings (SSSR count). The molecular formula is C23H25N3O. The van der Waals surface area contributed by atoms with Gasteiger partial charge >= 0.3 is 6.03 Å². The van der Waals surface area contributed by atoms with Crippen molar-refractivity contribution in [2.24, 2.45) is 0 Å². The van der Waals surface area contributed by atoms with Crippen LogP contribution in [0.5, 0.6) is 0 Å². The minimum atomic E-state index is -0.347. The first-order valence-corrected chi connectivity index (χ1v) is 9.07. The minimum Gasteiger partial charge on any atom is -0.333 e. The molecule has 2 amide bonds. The van der Waals surface area contributed by atoms with Crippen LogP contribution in [-0.4, -0.2) is 16.6 Å². The number of carbonyl (C=O) groups is 1. The Balaban J connectivity index is 1.60. The number of hydrogen-bond acceptors (Lipinski definition) is 2. The van der Waals surface area contributed by atoms with Gasteiger partial charge in [-0.25, -0.2) is 4.79 Å². The van der Waals surface area contributed by atoms with Crippen LogP contribution in [0.3, 0.4) is 0 Å². The second-order valence-electron chi connectivity index (χ2n) is 7.39. The number of nitrogens with zero attached hydrogens (tertiary/aromatic N) is 1. The van der Waals surface area contributed by atoms with Crippen LogP contribution in [0.25, 0.3) is 11.1 Å². The SMILES string of the molecule is Cc1cc(-c2ccc(NC(=O)NC(C)(C)Cc3ccccc3)cc2)ccn1. The zero-order chi connectivity index (χ0) is 19.3. The van der Waals surface area contributed by atoms with E-state index in [2.05, 4.69) is 27.8 Å². The molecule has 4 nitrogen and oxygen atoms in total. The van der Waals surface area contributed by atoms with Crippen LogP contribution >= 0.6 is 0 Å². The first kappa shape index (κ1) is 18.6. The number of benzene rings is 2. The topological polar surface area (TPSA) is 54.0 Å². The molecule has 4 heteroatoms. The van der Waals surface area contributed by atoms with Gasteiger partial charge in [-0.1, -0.05) is 42.5 Å². The monoisotopic (exact) mass is 359 g/mol. The predicted octanol–water partition coefficient (Wildman–Crippen LogP) is 5.20. The smallest absolute Gasteiger partial charge is 0.319 e. The van der Waals surface area contributed by atoms with Gasteiger partial charge in [0.1, 0.15) is 0 Å². The fourth-order valence-corrected chi connectivity index (χ4v) is 3.09.